The van der Waals surface area contributed by atoms with Gasteiger partial charge in [0.25, 0.3) is 0 Å². The highest BCUT2D eigenvalue weighted by Gasteiger charge is 2.04. The third kappa shape index (κ3) is 1.57. The number of aromatic nitrogens is 2. The molecule has 0 aliphatic heterocycles. The van der Waals surface area contributed by atoms with Crippen molar-refractivity contribution in [3.63, 3.8) is 0 Å². The van der Waals surface area contributed by atoms with Gasteiger partial charge in [0.05, 0.1) is 5.69 Å². The lowest BCUT2D eigenvalue weighted by Crippen LogP contribution is -1.91. The van der Waals surface area contributed by atoms with Crippen LogP contribution in [-0.4, -0.2) is 15.3 Å². The normalized spacial score (nSPS) is 10.1. The third-order valence-corrected chi connectivity index (χ3v) is 1.91. The van der Waals surface area contributed by atoms with Gasteiger partial charge in [-0.05, 0) is 12.5 Å². The summed E-state index contributed by atoms with van der Waals surface area (Å²) in [4.78, 5) is 0. The highest BCUT2D eigenvalue weighted by Crippen LogP contribution is 2.21. The molecular formula is C11H9N2O. The zero-order valence-corrected chi connectivity index (χ0v) is 7.51. The number of hydrogen-bond donors (Lipinski definition) is 1. The van der Waals surface area contributed by atoms with E-state index >= 15 is 0 Å². The van der Waals surface area contributed by atoms with Crippen molar-refractivity contribution in [2.45, 2.75) is 0 Å². The summed E-state index contributed by atoms with van der Waals surface area (Å²) in [5.41, 5.74) is 2.32. The van der Waals surface area contributed by atoms with Crippen molar-refractivity contribution in [1.29, 1.82) is 0 Å². The van der Waals surface area contributed by atoms with E-state index in [9.17, 15) is 0 Å². The fourth-order valence-corrected chi connectivity index (χ4v) is 1.26. The van der Waals surface area contributed by atoms with Gasteiger partial charge in [-0.25, -0.2) is 0 Å². The summed E-state index contributed by atoms with van der Waals surface area (Å²) in [5, 5.41) is 16.5. The molecule has 0 unspecified atom stereocenters. The molecule has 1 N–H and O–H groups in total. The van der Waals surface area contributed by atoms with Crippen LogP contribution in [0, 0.1) is 6.92 Å². The topological polar surface area (TPSA) is 46.0 Å². The van der Waals surface area contributed by atoms with Gasteiger partial charge in [0.2, 0.25) is 5.88 Å². The second-order valence-electron chi connectivity index (χ2n) is 2.94. The summed E-state index contributed by atoms with van der Waals surface area (Å²) in [6.45, 7) is 3.80. The monoisotopic (exact) mass is 185 g/mol. The maximum Gasteiger partial charge on any atom is 0.231 e. The van der Waals surface area contributed by atoms with Gasteiger partial charge < -0.3 is 5.11 Å². The van der Waals surface area contributed by atoms with Crippen LogP contribution in [0.5, 0.6) is 5.88 Å². The van der Waals surface area contributed by atoms with E-state index in [1.165, 1.54) is 6.07 Å². The van der Waals surface area contributed by atoms with Crippen LogP contribution >= 0.6 is 0 Å². The van der Waals surface area contributed by atoms with E-state index in [2.05, 4.69) is 17.1 Å². The van der Waals surface area contributed by atoms with Gasteiger partial charge in [0.1, 0.15) is 0 Å². The molecule has 1 heterocycles. The van der Waals surface area contributed by atoms with Crippen molar-refractivity contribution in [3.8, 4) is 17.1 Å². The van der Waals surface area contributed by atoms with Gasteiger partial charge in [-0.2, -0.15) is 0 Å². The van der Waals surface area contributed by atoms with Crippen molar-refractivity contribution in [2.24, 2.45) is 0 Å². The molecule has 1 aromatic heterocycles. The highest BCUT2D eigenvalue weighted by atomic mass is 16.3. The van der Waals surface area contributed by atoms with Crippen LogP contribution in [0.25, 0.3) is 11.3 Å². The Labute approximate surface area is 82.1 Å². The maximum absolute atomic E-state index is 9.07. The van der Waals surface area contributed by atoms with E-state index in [1.807, 2.05) is 30.3 Å². The van der Waals surface area contributed by atoms with Crippen LogP contribution < -0.4 is 0 Å². The number of nitrogens with zero attached hydrogens (tertiary/aromatic N) is 2. The molecule has 0 saturated heterocycles. The van der Waals surface area contributed by atoms with Crippen molar-refractivity contribution in [3.05, 3.63) is 48.9 Å². The largest absolute Gasteiger partial charge is 0.492 e. The standard InChI is InChI=1S/C11H9N2O/c1-8-7-10(14)12-13-11(8)9-5-3-2-4-6-9/h2-7H,1H2,(H,12,14). The van der Waals surface area contributed by atoms with Gasteiger partial charge >= 0.3 is 0 Å². The Balaban J connectivity index is 2.53. The Morgan fingerprint density at radius 2 is 1.79 bits per heavy atom. The van der Waals surface area contributed by atoms with E-state index in [1.54, 1.807) is 0 Å². The molecule has 0 aliphatic rings. The summed E-state index contributed by atoms with van der Waals surface area (Å²) >= 11 is 0. The van der Waals surface area contributed by atoms with Crippen molar-refractivity contribution in [1.82, 2.24) is 10.2 Å². The van der Waals surface area contributed by atoms with E-state index in [0.717, 1.165) is 5.56 Å². The SMILES string of the molecule is [CH2]c1cc(O)nnc1-c1ccccc1. The van der Waals surface area contributed by atoms with E-state index in [0.29, 0.717) is 11.3 Å². The third-order valence-electron chi connectivity index (χ3n) is 1.91. The second kappa shape index (κ2) is 3.46. The summed E-state index contributed by atoms with van der Waals surface area (Å²) in [7, 11) is 0. The van der Waals surface area contributed by atoms with Gasteiger partial charge in [0, 0.05) is 11.6 Å². The van der Waals surface area contributed by atoms with Gasteiger partial charge in [-0.15, -0.1) is 10.2 Å². The molecule has 0 bridgehead atoms. The molecule has 0 atom stereocenters. The first-order chi connectivity index (χ1) is 6.77. The molecule has 0 amide bonds. The quantitative estimate of drug-likeness (QED) is 0.739. The second-order valence-corrected chi connectivity index (χ2v) is 2.94. The minimum absolute atomic E-state index is 0.102. The Kier molecular flexibility index (Phi) is 2.14. The Morgan fingerprint density at radius 3 is 2.43 bits per heavy atom. The average molecular weight is 185 g/mol. The minimum atomic E-state index is -0.102. The Morgan fingerprint density at radius 1 is 1.07 bits per heavy atom. The average Bonchev–Trinajstić information content (AvgIpc) is 2.19. The lowest BCUT2D eigenvalue weighted by Gasteiger charge is -2.02. The lowest BCUT2D eigenvalue weighted by atomic mass is 10.1. The Bertz CT molecular complexity index is 440. The molecule has 1 radical (unpaired) electrons. The number of rotatable bonds is 1. The smallest absolute Gasteiger partial charge is 0.231 e. The predicted molar refractivity (Wildman–Crippen MR) is 53.6 cm³/mol. The molecule has 2 rings (SSSR count). The number of benzene rings is 1. The van der Waals surface area contributed by atoms with Gasteiger partial charge in [0.15, 0.2) is 0 Å². The molecule has 0 spiro atoms. The molecule has 0 aliphatic carbocycles. The first-order valence-corrected chi connectivity index (χ1v) is 4.21. The Hall–Kier alpha value is -1.90. The zero-order valence-electron chi connectivity index (χ0n) is 7.51. The highest BCUT2D eigenvalue weighted by molar-refractivity contribution is 5.63. The number of aromatic hydroxyl groups is 1. The maximum atomic E-state index is 9.07. The van der Waals surface area contributed by atoms with Crippen LogP contribution in [0.4, 0.5) is 0 Å². The predicted octanol–water partition coefficient (Wildman–Crippen LogP) is 2.03. The molecule has 0 fully saturated rings. The van der Waals surface area contributed by atoms with Crippen LogP contribution in [0.3, 0.4) is 0 Å². The van der Waals surface area contributed by atoms with E-state index in [4.69, 9.17) is 5.11 Å². The summed E-state index contributed by atoms with van der Waals surface area (Å²) in [5.74, 6) is -0.102. The molecule has 3 heteroatoms. The van der Waals surface area contributed by atoms with Crippen molar-refractivity contribution < 1.29 is 5.11 Å². The van der Waals surface area contributed by atoms with Crippen molar-refractivity contribution in [2.75, 3.05) is 0 Å². The molecule has 0 saturated carbocycles. The number of hydrogen-bond acceptors (Lipinski definition) is 3. The van der Waals surface area contributed by atoms with Gasteiger partial charge in [-0.1, -0.05) is 30.3 Å². The van der Waals surface area contributed by atoms with Crippen LogP contribution in [0.2, 0.25) is 0 Å². The molecule has 14 heavy (non-hydrogen) atoms. The lowest BCUT2D eigenvalue weighted by molar-refractivity contribution is 0.445. The zero-order chi connectivity index (χ0) is 9.97. The molecular weight excluding hydrogens is 176 g/mol. The van der Waals surface area contributed by atoms with E-state index < -0.39 is 0 Å². The minimum Gasteiger partial charge on any atom is -0.492 e. The van der Waals surface area contributed by atoms with E-state index in [-0.39, 0.29) is 5.88 Å². The summed E-state index contributed by atoms with van der Waals surface area (Å²) in [6.07, 6.45) is 0. The molecule has 3 nitrogen and oxygen atoms in total. The fraction of sp³-hybridized carbons (Fsp3) is 0. The van der Waals surface area contributed by atoms with Crippen molar-refractivity contribution >= 4 is 0 Å². The summed E-state index contributed by atoms with van der Waals surface area (Å²) < 4.78 is 0. The van der Waals surface area contributed by atoms with Crippen LogP contribution in [-0.2, 0) is 0 Å². The molecule has 1 aromatic carbocycles. The fourth-order valence-electron chi connectivity index (χ4n) is 1.26. The van der Waals surface area contributed by atoms with Gasteiger partial charge in [-0.3, -0.25) is 0 Å². The van der Waals surface area contributed by atoms with Crippen LogP contribution in [0.15, 0.2) is 36.4 Å². The summed E-state index contributed by atoms with van der Waals surface area (Å²) in [6, 6.07) is 11.1. The molecule has 69 valence electrons. The van der Waals surface area contributed by atoms with Crippen LogP contribution in [0.1, 0.15) is 5.56 Å². The first kappa shape index (κ1) is 8.69. The molecule has 2 aromatic rings. The first-order valence-electron chi connectivity index (χ1n) is 4.21.